The number of amides is 2. The SMILES string of the molecule is COc1ccc(CC(=O)N2CCNCC2CC(N)=O)cc1. The summed E-state index contributed by atoms with van der Waals surface area (Å²) < 4.78 is 5.10. The molecule has 21 heavy (non-hydrogen) atoms. The van der Waals surface area contributed by atoms with Crippen molar-refractivity contribution in [2.75, 3.05) is 26.7 Å². The van der Waals surface area contributed by atoms with E-state index < -0.39 is 0 Å². The average molecular weight is 291 g/mol. The highest BCUT2D eigenvalue weighted by molar-refractivity contribution is 5.81. The number of piperazine rings is 1. The van der Waals surface area contributed by atoms with Crippen molar-refractivity contribution in [2.24, 2.45) is 5.73 Å². The van der Waals surface area contributed by atoms with Gasteiger partial charge in [0.05, 0.1) is 19.6 Å². The highest BCUT2D eigenvalue weighted by Crippen LogP contribution is 2.14. The summed E-state index contributed by atoms with van der Waals surface area (Å²) in [6.07, 6.45) is 0.514. The molecule has 3 N–H and O–H groups in total. The number of hydrogen-bond donors (Lipinski definition) is 2. The smallest absolute Gasteiger partial charge is 0.227 e. The Hall–Kier alpha value is -2.08. The average Bonchev–Trinajstić information content (AvgIpc) is 2.48. The molecule has 1 unspecified atom stereocenters. The van der Waals surface area contributed by atoms with Gasteiger partial charge in [-0.05, 0) is 17.7 Å². The molecule has 6 heteroatoms. The molecule has 1 aromatic rings. The molecule has 114 valence electrons. The molecule has 2 rings (SSSR count). The third-order valence-corrected chi connectivity index (χ3v) is 3.62. The number of nitrogens with two attached hydrogens (primary N) is 1. The number of carbonyl (C=O) groups is 2. The Morgan fingerprint density at radius 3 is 2.71 bits per heavy atom. The van der Waals surface area contributed by atoms with Crippen LogP contribution < -0.4 is 15.8 Å². The van der Waals surface area contributed by atoms with Crippen LogP contribution in [-0.4, -0.2) is 49.5 Å². The molecule has 0 bridgehead atoms. The zero-order valence-corrected chi connectivity index (χ0v) is 12.2. The van der Waals surface area contributed by atoms with Gasteiger partial charge in [0, 0.05) is 26.1 Å². The van der Waals surface area contributed by atoms with Crippen molar-refractivity contribution in [3.8, 4) is 5.75 Å². The number of ether oxygens (including phenoxy) is 1. The van der Waals surface area contributed by atoms with E-state index in [4.69, 9.17) is 10.5 Å². The summed E-state index contributed by atoms with van der Waals surface area (Å²) >= 11 is 0. The Kier molecular flexibility index (Phi) is 5.16. The molecule has 0 spiro atoms. The van der Waals surface area contributed by atoms with E-state index in [9.17, 15) is 9.59 Å². The summed E-state index contributed by atoms with van der Waals surface area (Å²) in [7, 11) is 1.61. The molecule has 6 nitrogen and oxygen atoms in total. The van der Waals surface area contributed by atoms with Gasteiger partial charge in [-0.3, -0.25) is 9.59 Å². The first-order valence-corrected chi connectivity index (χ1v) is 7.01. The van der Waals surface area contributed by atoms with Gasteiger partial charge in [-0.15, -0.1) is 0 Å². The lowest BCUT2D eigenvalue weighted by atomic mass is 10.1. The molecule has 1 fully saturated rings. The van der Waals surface area contributed by atoms with Crippen LogP contribution in [0.25, 0.3) is 0 Å². The molecule has 0 aliphatic carbocycles. The van der Waals surface area contributed by atoms with E-state index in [-0.39, 0.29) is 24.3 Å². The fraction of sp³-hybridized carbons (Fsp3) is 0.467. The van der Waals surface area contributed by atoms with Gasteiger partial charge in [0.25, 0.3) is 0 Å². The van der Waals surface area contributed by atoms with E-state index in [1.54, 1.807) is 12.0 Å². The molecular formula is C15H21N3O3. The van der Waals surface area contributed by atoms with E-state index in [0.29, 0.717) is 19.5 Å². The van der Waals surface area contributed by atoms with Gasteiger partial charge in [0.1, 0.15) is 5.75 Å². The minimum absolute atomic E-state index is 0.0212. The molecule has 0 saturated carbocycles. The fourth-order valence-corrected chi connectivity index (χ4v) is 2.52. The highest BCUT2D eigenvalue weighted by Gasteiger charge is 2.27. The summed E-state index contributed by atoms with van der Waals surface area (Å²) in [5.41, 5.74) is 6.18. The number of rotatable bonds is 5. The summed E-state index contributed by atoms with van der Waals surface area (Å²) in [4.78, 5) is 25.3. The van der Waals surface area contributed by atoms with Crippen molar-refractivity contribution in [3.63, 3.8) is 0 Å². The first-order valence-electron chi connectivity index (χ1n) is 7.01. The minimum atomic E-state index is -0.383. The predicted octanol–water partition coefficient (Wildman–Crippen LogP) is -0.0865. The van der Waals surface area contributed by atoms with Gasteiger partial charge in [-0.2, -0.15) is 0 Å². The van der Waals surface area contributed by atoms with Crippen LogP contribution in [-0.2, 0) is 16.0 Å². The topological polar surface area (TPSA) is 84.7 Å². The number of methoxy groups -OCH3 is 1. The van der Waals surface area contributed by atoms with Crippen molar-refractivity contribution < 1.29 is 14.3 Å². The van der Waals surface area contributed by atoms with Gasteiger partial charge in [-0.1, -0.05) is 12.1 Å². The molecule has 0 radical (unpaired) electrons. The van der Waals surface area contributed by atoms with Gasteiger partial charge in [-0.25, -0.2) is 0 Å². The monoisotopic (exact) mass is 291 g/mol. The van der Waals surface area contributed by atoms with Crippen molar-refractivity contribution >= 4 is 11.8 Å². The zero-order valence-electron chi connectivity index (χ0n) is 12.2. The van der Waals surface area contributed by atoms with Crippen LogP contribution in [0, 0.1) is 0 Å². The molecule has 1 atom stereocenters. The largest absolute Gasteiger partial charge is 0.497 e. The van der Waals surface area contributed by atoms with Crippen LogP contribution >= 0.6 is 0 Å². The second-order valence-electron chi connectivity index (χ2n) is 5.14. The number of hydrogen-bond acceptors (Lipinski definition) is 4. The molecule has 1 saturated heterocycles. The number of nitrogens with zero attached hydrogens (tertiary/aromatic N) is 1. The Bertz CT molecular complexity index is 501. The summed E-state index contributed by atoms with van der Waals surface area (Å²) in [6, 6.07) is 7.27. The van der Waals surface area contributed by atoms with E-state index >= 15 is 0 Å². The lowest BCUT2D eigenvalue weighted by Gasteiger charge is -2.35. The van der Waals surface area contributed by atoms with E-state index in [1.165, 1.54) is 0 Å². The maximum Gasteiger partial charge on any atom is 0.227 e. The Labute approximate surface area is 124 Å². The van der Waals surface area contributed by atoms with Crippen LogP contribution in [0.5, 0.6) is 5.75 Å². The second-order valence-corrected chi connectivity index (χ2v) is 5.14. The lowest BCUT2D eigenvalue weighted by molar-refractivity contribution is -0.134. The number of nitrogens with one attached hydrogen (secondary N) is 1. The summed E-state index contributed by atoms with van der Waals surface area (Å²) in [5.74, 6) is 0.402. The van der Waals surface area contributed by atoms with Crippen molar-refractivity contribution in [1.82, 2.24) is 10.2 Å². The van der Waals surface area contributed by atoms with Gasteiger partial charge in [0.2, 0.25) is 11.8 Å². The quantitative estimate of drug-likeness (QED) is 0.794. The number of primary amides is 1. The molecule has 1 heterocycles. The van der Waals surface area contributed by atoms with E-state index in [0.717, 1.165) is 17.9 Å². The molecular weight excluding hydrogens is 270 g/mol. The number of carbonyl (C=O) groups excluding carboxylic acids is 2. The van der Waals surface area contributed by atoms with Crippen LogP contribution in [0.3, 0.4) is 0 Å². The fourth-order valence-electron chi connectivity index (χ4n) is 2.52. The van der Waals surface area contributed by atoms with Crippen molar-refractivity contribution in [2.45, 2.75) is 18.9 Å². The van der Waals surface area contributed by atoms with Crippen molar-refractivity contribution in [3.05, 3.63) is 29.8 Å². The third-order valence-electron chi connectivity index (χ3n) is 3.62. The van der Waals surface area contributed by atoms with Crippen LogP contribution in [0.15, 0.2) is 24.3 Å². The highest BCUT2D eigenvalue weighted by atomic mass is 16.5. The van der Waals surface area contributed by atoms with Crippen LogP contribution in [0.1, 0.15) is 12.0 Å². The first-order chi connectivity index (χ1) is 10.1. The Morgan fingerprint density at radius 1 is 1.38 bits per heavy atom. The molecule has 0 aromatic heterocycles. The lowest BCUT2D eigenvalue weighted by Crippen LogP contribution is -2.55. The molecule has 1 aliphatic heterocycles. The van der Waals surface area contributed by atoms with E-state index in [1.807, 2.05) is 24.3 Å². The van der Waals surface area contributed by atoms with Crippen molar-refractivity contribution in [1.29, 1.82) is 0 Å². The number of benzene rings is 1. The van der Waals surface area contributed by atoms with Crippen LogP contribution in [0.2, 0.25) is 0 Å². The second kappa shape index (κ2) is 7.08. The Balaban J connectivity index is 2.00. The third kappa shape index (κ3) is 4.19. The molecule has 1 aromatic carbocycles. The van der Waals surface area contributed by atoms with E-state index in [2.05, 4.69) is 5.32 Å². The van der Waals surface area contributed by atoms with Gasteiger partial charge < -0.3 is 20.7 Å². The minimum Gasteiger partial charge on any atom is -0.497 e. The van der Waals surface area contributed by atoms with Gasteiger partial charge >= 0.3 is 0 Å². The standard InChI is InChI=1S/C15H21N3O3/c1-21-13-4-2-11(3-5-13)8-15(20)18-7-6-17-10-12(18)9-14(16)19/h2-5,12,17H,6-10H2,1H3,(H2,16,19). The first kappa shape index (κ1) is 15.3. The van der Waals surface area contributed by atoms with Gasteiger partial charge in [0.15, 0.2) is 0 Å². The maximum atomic E-state index is 12.4. The summed E-state index contributed by atoms with van der Waals surface area (Å²) in [6.45, 7) is 1.95. The Morgan fingerprint density at radius 2 is 2.10 bits per heavy atom. The summed E-state index contributed by atoms with van der Waals surface area (Å²) in [5, 5.41) is 3.19. The molecule has 2 amide bonds. The molecule has 1 aliphatic rings. The van der Waals surface area contributed by atoms with Crippen LogP contribution in [0.4, 0.5) is 0 Å². The zero-order chi connectivity index (χ0) is 15.2. The predicted molar refractivity (Wildman–Crippen MR) is 78.9 cm³/mol. The maximum absolute atomic E-state index is 12.4. The normalized spacial score (nSPS) is 18.3.